The predicted molar refractivity (Wildman–Crippen MR) is 141 cm³/mol. The minimum atomic E-state index is 0.0344. The quantitative estimate of drug-likeness (QED) is 0.251. The molecule has 3 nitrogen and oxygen atoms in total. The Bertz CT molecular complexity index is 1720. The Kier molecular flexibility index (Phi) is 4.85. The Balaban J connectivity index is 1.72. The van der Waals surface area contributed by atoms with Crippen molar-refractivity contribution in [1.82, 2.24) is 0 Å². The molecule has 0 N–H and O–H groups in total. The fourth-order valence-corrected chi connectivity index (χ4v) is 4.97. The van der Waals surface area contributed by atoms with Crippen LogP contribution in [0, 0.1) is 0 Å². The van der Waals surface area contributed by atoms with Gasteiger partial charge in [-0.3, -0.25) is 9.59 Å². The van der Waals surface area contributed by atoms with Crippen LogP contribution in [0.15, 0.2) is 101 Å². The molecule has 0 saturated carbocycles. The maximum Gasteiger partial charge on any atom is 0.159 e. The third-order valence-corrected chi connectivity index (χ3v) is 6.69. The number of carbonyl (C=O) groups is 2. The first-order valence-electron chi connectivity index (χ1n) is 11.6. The summed E-state index contributed by atoms with van der Waals surface area (Å²) in [5.74, 6) is 0.859. The Labute approximate surface area is 203 Å². The molecular weight excluding hydrogens is 432 g/mol. The molecule has 2 aliphatic rings. The number of hydrogen-bond donors (Lipinski definition) is 0. The monoisotopic (exact) mass is 454 g/mol. The number of benzene rings is 4. The SMILES string of the molecule is CC(=O)c1ccc(-c2oc3ccccc3c3c(-c4ccc(C(C)=O)cc4)c4ccccc4c2-3)cc1. The van der Waals surface area contributed by atoms with Gasteiger partial charge in [0.2, 0.25) is 0 Å². The molecule has 4 aromatic rings. The van der Waals surface area contributed by atoms with Crippen molar-refractivity contribution in [2.75, 3.05) is 0 Å². The summed E-state index contributed by atoms with van der Waals surface area (Å²) in [6.07, 6.45) is 0. The fourth-order valence-electron chi connectivity index (χ4n) is 4.97. The molecule has 0 saturated heterocycles. The van der Waals surface area contributed by atoms with E-state index in [0.29, 0.717) is 11.1 Å². The van der Waals surface area contributed by atoms with Gasteiger partial charge in [0.05, 0.1) is 0 Å². The van der Waals surface area contributed by atoms with Gasteiger partial charge in [-0.1, -0.05) is 91.0 Å². The van der Waals surface area contributed by atoms with Crippen LogP contribution in [0.3, 0.4) is 0 Å². The van der Waals surface area contributed by atoms with Crippen LogP contribution in [-0.4, -0.2) is 11.6 Å². The summed E-state index contributed by atoms with van der Waals surface area (Å²) in [6, 6.07) is 31.9. The third-order valence-electron chi connectivity index (χ3n) is 6.69. The molecule has 1 aliphatic heterocycles. The molecule has 0 bridgehead atoms. The van der Waals surface area contributed by atoms with Crippen molar-refractivity contribution < 1.29 is 14.0 Å². The average Bonchev–Trinajstić information content (AvgIpc) is 3.24. The number of ketones is 2. The lowest BCUT2D eigenvalue weighted by Gasteiger charge is -2.14. The van der Waals surface area contributed by atoms with Crippen LogP contribution in [0.25, 0.3) is 55.3 Å². The smallest absolute Gasteiger partial charge is 0.159 e. The molecule has 0 amide bonds. The fraction of sp³-hybridized carbons (Fsp3) is 0.0625. The largest absolute Gasteiger partial charge is 0.455 e. The van der Waals surface area contributed by atoms with Gasteiger partial charge in [-0.15, -0.1) is 0 Å². The van der Waals surface area contributed by atoms with Crippen LogP contribution in [0.1, 0.15) is 34.6 Å². The van der Waals surface area contributed by atoms with E-state index in [1.165, 1.54) is 0 Å². The second-order valence-electron chi connectivity index (χ2n) is 8.87. The topological polar surface area (TPSA) is 47.3 Å². The van der Waals surface area contributed by atoms with Gasteiger partial charge in [-0.25, -0.2) is 0 Å². The van der Waals surface area contributed by atoms with Gasteiger partial charge in [0, 0.05) is 33.2 Å². The summed E-state index contributed by atoms with van der Waals surface area (Å²) < 4.78 is 6.54. The van der Waals surface area contributed by atoms with Gasteiger partial charge in [0.25, 0.3) is 0 Å². The lowest BCUT2D eigenvalue weighted by atomic mass is 9.93. The zero-order valence-electron chi connectivity index (χ0n) is 19.5. The number of hydrogen-bond acceptors (Lipinski definition) is 3. The molecule has 0 spiro atoms. The van der Waals surface area contributed by atoms with Crippen molar-refractivity contribution >= 4 is 33.3 Å². The van der Waals surface area contributed by atoms with Gasteiger partial charge in [0.1, 0.15) is 11.3 Å². The van der Waals surface area contributed by atoms with Gasteiger partial charge in [0.15, 0.2) is 11.6 Å². The molecule has 35 heavy (non-hydrogen) atoms. The molecule has 0 aromatic heterocycles. The van der Waals surface area contributed by atoms with Crippen molar-refractivity contribution in [1.29, 1.82) is 0 Å². The zero-order valence-corrected chi connectivity index (χ0v) is 19.5. The molecule has 168 valence electrons. The average molecular weight is 455 g/mol. The molecule has 0 unspecified atom stereocenters. The molecule has 1 heterocycles. The van der Waals surface area contributed by atoms with Crippen molar-refractivity contribution in [2.45, 2.75) is 13.8 Å². The van der Waals surface area contributed by atoms with Gasteiger partial charge < -0.3 is 4.42 Å². The lowest BCUT2D eigenvalue weighted by Crippen LogP contribution is -1.93. The van der Waals surface area contributed by atoms with E-state index in [0.717, 1.165) is 55.3 Å². The second kappa shape index (κ2) is 8.07. The summed E-state index contributed by atoms with van der Waals surface area (Å²) in [5.41, 5.74) is 7.41. The highest BCUT2D eigenvalue weighted by Crippen LogP contribution is 2.52. The first kappa shape index (κ1) is 21.1. The van der Waals surface area contributed by atoms with Crippen LogP contribution in [0.2, 0.25) is 0 Å². The first-order valence-corrected chi connectivity index (χ1v) is 11.6. The van der Waals surface area contributed by atoms with Gasteiger partial charge in [-0.2, -0.15) is 0 Å². The first-order chi connectivity index (χ1) is 17.0. The molecule has 0 fully saturated rings. The van der Waals surface area contributed by atoms with E-state index in [1.54, 1.807) is 13.8 Å². The normalized spacial score (nSPS) is 11.4. The van der Waals surface area contributed by atoms with E-state index in [1.807, 2.05) is 72.8 Å². The molecule has 1 aliphatic carbocycles. The number of rotatable bonds is 4. The van der Waals surface area contributed by atoms with Crippen molar-refractivity contribution in [2.24, 2.45) is 0 Å². The molecule has 4 aromatic carbocycles. The highest BCUT2D eigenvalue weighted by Gasteiger charge is 2.27. The maximum absolute atomic E-state index is 11.9. The summed E-state index contributed by atoms with van der Waals surface area (Å²) in [6.45, 7) is 3.16. The van der Waals surface area contributed by atoms with Gasteiger partial charge >= 0.3 is 0 Å². The summed E-state index contributed by atoms with van der Waals surface area (Å²) in [5, 5.41) is 3.27. The van der Waals surface area contributed by atoms with E-state index in [9.17, 15) is 9.59 Å². The minimum absolute atomic E-state index is 0.0344. The van der Waals surface area contributed by atoms with Crippen molar-refractivity contribution in [3.63, 3.8) is 0 Å². The number of fused-ring (bicyclic) bond motifs is 5. The summed E-state index contributed by atoms with van der Waals surface area (Å²) in [4.78, 5) is 23.7. The summed E-state index contributed by atoms with van der Waals surface area (Å²) >= 11 is 0. The van der Waals surface area contributed by atoms with E-state index in [2.05, 4.69) is 24.3 Å². The molecule has 0 atom stereocenters. The van der Waals surface area contributed by atoms with Crippen molar-refractivity contribution in [3.05, 3.63) is 108 Å². The van der Waals surface area contributed by atoms with Crippen LogP contribution in [0.4, 0.5) is 0 Å². The standard InChI is InChI=1S/C32H22O3/c1-19(33)21-11-15-23(16-12-21)29-25-7-3-4-8-26(25)31-30(29)27-9-5-6-10-28(27)35-32(31)24-17-13-22(14-18-24)20(2)34/h3-18H,1-2H3. The van der Waals surface area contributed by atoms with Crippen molar-refractivity contribution in [3.8, 4) is 33.6 Å². The van der Waals surface area contributed by atoms with Gasteiger partial charge in [-0.05, 0) is 41.8 Å². The number of carbonyl (C=O) groups excluding carboxylic acids is 2. The number of para-hydroxylation sites is 1. The van der Waals surface area contributed by atoms with Crippen LogP contribution in [-0.2, 0) is 0 Å². The highest BCUT2D eigenvalue weighted by atomic mass is 16.3. The minimum Gasteiger partial charge on any atom is -0.455 e. The van der Waals surface area contributed by atoms with Crippen LogP contribution >= 0.6 is 0 Å². The molecule has 3 heteroatoms. The second-order valence-corrected chi connectivity index (χ2v) is 8.87. The Morgan fingerprint density at radius 3 is 1.57 bits per heavy atom. The Morgan fingerprint density at radius 1 is 0.514 bits per heavy atom. The van der Waals surface area contributed by atoms with Crippen LogP contribution < -0.4 is 0 Å². The van der Waals surface area contributed by atoms with E-state index < -0.39 is 0 Å². The highest BCUT2D eigenvalue weighted by molar-refractivity contribution is 6.23. The third kappa shape index (κ3) is 3.36. The van der Waals surface area contributed by atoms with E-state index in [4.69, 9.17) is 4.42 Å². The van der Waals surface area contributed by atoms with E-state index in [-0.39, 0.29) is 11.6 Å². The summed E-state index contributed by atoms with van der Waals surface area (Å²) in [7, 11) is 0. The molecular formula is C32H22O3. The predicted octanol–water partition coefficient (Wildman–Crippen LogP) is 8.43. The lowest BCUT2D eigenvalue weighted by molar-refractivity contribution is 0.100. The Morgan fingerprint density at radius 2 is 1.00 bits per heavy atom. The Hall–Kier alpha value is -4.50. The zero-order chi connectivity index (χ0) is 24.1. The van der Waals surface area contributed by atoms with Crippen LogP contribution in [0.5, 0.6) is 0 Å². The maximum atomic E-state index is 11.9. The molecule has 0 radical (unpaired) electrons. The molecule has 6 rings (SSSR count). The van der Waals surface area contributed by atoms with E-state index >= 15 is 0 Å². The number of Topliss-reactive ketones (excluding diaryl/α,β-unsaturated/α-hetero) is 2.